The van der Waals surface area contributed by atoms with Gasteiger partial charge in [-0.1, -0.05) is 12.1 Å². The highest BCUT2D eigenvalue weighted by Crippen LogP contribution is 2.43. The lowest BCUT2D eigenvalue weighted by Crippen LogP contribution is -2.47. The Hall–Kier alpha value is -2.48. The van der Waals surface area contributed by atoms with Crippen LogP contribution in [0.3, 0.4) is 0 Å². The zero-order valence-electron chi connectivity index (χ0n) is 19.4. The van der Waals surface area contributed by atoms with Crippen molar-refractivity contribution in [3.63, 3.8) is 0 Å². The number of alkyl halides is 3. The van der Waals surface area contributed by atoms with Crippen LogP contribution in [0.2, 0.25) is 0 Å². The van der Waals surface area contributed by atoms with Gasteiger partial charge in [-0.3, -0.25) is 9.78 Å². The van der Waals surface area contributed by atoms with E-state index in [1.807, 2.05) is 4.90 Å². The smallest absolute Gasteiger partial charge is 0.395 e. The predicted molar refractivity (Wildman–Crippen MR) is 120 cm³/mol. The van der Waals surface area contributed by atoms with E-state index in [1.54, 1.807) is 6.07 Å². The topological polar surface area (TPSA) is 53.4 Å². The third kappa shape index (κ3) is 4.57. The number of benzene rings is 1. The number of hydrogen-bond donors (Lipinski definition) is 1. The van der Waals surface area contributed by atoms with E-state index in [4.69, 9.17) is 0 Å². The number of pyridine rings is 1. The fraction of sp³-hybridized carbons (Fsp3) is 0.538. The number of aromatic nitrogens is 1. The molecule has 0 unspecified atom stereocenters. The molecule has 2 aliphatic rings. The van der Waals surface area contributed by atoms with Crippen LogP contribution >= 0.6 is 0 Å². The van der Waals surface area contributed by atoms with Gasteiger partial charge in [0.05, 0.1) is 18.2 Å². The molecule has 2 aromatic rings. The molecule has 1 N–H and O–H groups in total. The molecule has 1 amide bonds. The van der Waals surface area contributed by atoms with Crippen LogP contribution in [0.4, 0.5) is 17.6 Å². The van der Waals surface area contributed by atoms with Crippen LogP contribution in [0.25, 0.3) is 0 Å². The van der Waals surface area contributed by atoms with Gasteiger partial charge in [-0.2, -0.15) is 13.2 Å². The molecule has 184 valence electrons. The Bertz CT molecular complexity index is 1010. The number of rotatable bonds is 6. The number of nitrogens with zero attached hydrogens (tertiary/aromatic N) is 2. The number of aliphatic hydroxyl groups excluding tert-OH is 1. The first-order chi connectivity index (χ1) is 16.0. The van der Waals surface area contributed by atoms with E-state index in [2.05, 4.69) is 4.98 Å². The molecule has 0 spiro atoms. The number of carbonyl (C=O) groups is 1. The van der Waals surface area contributed by atoms with E-state index in [0.717, 1.165) is 32.9 Å². The van der Waals surface area contributed by atoms with E-state index in [-0.39, 0.29) is 30.2 Å². The van der Waals surface area contributed by atoms with E-state index in [0.29, 0.717) is 36.9 Å². The number of carbonyl (C=O) groups excluding carboxylic acids is 1. The lowest BCUT2D eigenvalue weighted by molar-refractivity contribution is -0.180. The summed E-state index contributed by atoms with van der Waals surface area (Å²) in [4.78, 5) is 19.5. The summed E-state index contributed by atoms with van der Waals surface area (Å²) in [6, 6.07) is 8.83. The number of aliphatic hydroxyl groups is 1. The van der Waals surface area contributed by atoms with E-state index < -0.39 is 22.8 Å². The molecular formula is C26H30F4N2O2. The van der Waals surface area contributed by atoms with Crippen molar-refractivity contribution in [1.82, 2.24) is 9.88 Å². The maximum Gasteiger partial charge on any atom is 0.397 e. The van der Waals surface area contributed by atoms with Crippen molar-refractivity contribution >= 4 is 5.91 Å². The van der Waals surface area contributed by atoms with Crippen LogP contribution in [-0.2, 0) is 10.8 Å². The van der Waals surface area contributed by atoms with E-state index in [1.165, 1.54) is 30.3 Å². The maximum atomic E-state index is 13.4. The normalized spacial score (nSPS) is 23.6. The Morgan fingerprint density at radius 2 is 1.62 bits per heavy atom. The number of halogens is 4. The molecule has 0 atom stereocenters. The van der Waals surface area contributed by atoms with Crippen molar-refractivity contribution in [1.29, 1.82) is 0 Å². The summed E-state index contributed by atoms with van der Waals surface area (Å²) < 4.78 is 53.5. The monoisotopic (exact) mass is 478 g/mol. The molecule has 2 fully saturated rings. The minimum absolute atomic E-state index is 0.0218. The number of amides is 1. The maximum absolute atomic E-state index is 13.4. The standard InChI is InChI=1S/C26H30F4N2O2/c1-24(2,26(28,29)30)18-5-3-17(4-6-18)23(34)32(20-8-9-20)21-11-13-25(16-33,14-12-21)22-10-7-19(27)15-31-22/h3-7,10,15,20-21,33H,8-9,11-14,16H2,1-2H3/t21-,25-. The van der Waals surface area contributed by atoms with Crippen LogP contribution in [0.5, 0.6) is 0 Å². The van der Waals surface area contributed by atoms with Crippen LogP contribution in [0, 0.1) is 5.82 Å². The van der Waals surface area contributed by atoms with Gasteiger partial charge >= 0.3 is 6.18 Å². The Morgan fingerprint density at radius 3 is 2.09 bits per heavy atom. The molecule has 0 aliphatic heterocycles. The second-order valence-electron chi connectivity index (χ2n) is 10.2. The summed E-state index contributed by atoms with van der Waals surface area (Å²) in [5.41, 5.74) is -1.41. The van der Waals surface area contributed by atoms with Gasteiger partial charge < -0.3 is 10.0 Å². The minimum atomic E-state index is -4.39. The molecule has 8 heteroatoms. The second kappa shape index (κ2) is 8.95. The van der Waals surface area contributed by atoms with Gasteiger partial charge in [0.25, 0.3) is 5.91 Å². The molecule has 1 aromatic heterocycles. The lowest BCUT2D eigenvalue weighted by Gasteiger charge is -2.42. The Labute approximate surface area is 197 Å². The molecule has 1 aromatic carbocycles. The zero-order valence-corrected chi connectivity index (χ0v) is 19.4. The average molecular weight is 479 g/mol. The fourth-order valence-corrected chi connectivity index (χ4v) is 4.94. The molecule has 2 aliphatic carbocycles. The van der Waals surface area contributed by atoms with Crippen LogP contribution in [0.1, 0.15) is 74.0 Å². The van der Waals surface area contributed by atoms with Crippen molar-refractivity contribution in [2.24, 2.45) is 0 Å². The fourth-order valence-electron chi connectivity index (χ4n) is 4.94. The Kier molecular flexibility index (Phi) is 6.48. The summed E-state index contributed by atoms with van der Waals surface area (Å²) in [6.07, 6.45) is 1.14. The van der Waals surface area contributed by atoms with Crippen molar-refractivity contribution in [2.75, 3.05) is 6.61 Å². The third-order valence-corrected chi connectivity index (χ3v) is 7.62. The van der Waals surface area contributed by atoms with Crippen molar-refractivity contribution in [3.05, 3.63) is 65.2 Å². The van der Waals surface area contributed by atoms with Gasteiger partial charge in [0.15, 0.2) is 0 Å². The molecule has 34 heavy (non-hydrogen) atoms. The minimum Gasteiger partial charge on any atom is -0.395 e. The third-order valence-electron chi connectivity index (χ3n) is 7.62. The highest BCUT2D eigenvalue weighted by atomic mass is 19.4. The summed E-state index contributed by atoms with van der Waals surface area (Å²) >= 11 is 0. The zero-order chi connectivity index (χ0) is 24.7. The molecule has 1 heterocycles. The van der Waals surface area contributed by atoms with Crippen LogP contribution < -0.4 is 0 Å². The van der Waals surface area contributed by atoms with Gasteiger partial charge in [0.1, 0.15) is 5.82 Å². The largest absolute Gasteiger partial charge is 0.397 e. The molecule has 0 bridgehead atoms. The first-order valence-corrected chi connectivity index (χ1v) is 11.7. The predicted octanol–water partition coefficient (Wildman–Crippen LogP) is 5.54. The molecule has 2 saturated carbocycles. The van der Waals surface area contributed by atoms with Crippen molar-refractivity contribution in [3.8, 4) is 0 Å². The SMILES string of the molecule is CC(C)(c1ccc(C(=O)N(C2CC2)[C@H]2CC[C@](CO)(c3ccc(F)cn3)CC2)cc1)C(F)(F)F. The summed E-state index contributed by atoms with van der Waals surface area (Å²) in [7, 11) is 0. The van der Waals surface area contributed by atoms with Crippen molar-refractivity contribution < 1.29 is 27.5 Å². The molecule has 4 nitrogen and oxygen atoms in total. The quantitative estimate of drug-likeness (QED) is 0.555. The molecule has 0 saturated heterocycles. The van der Waals surface area contributed by atoms with Crippen molar-refractivity contribution in [2.45, 2.75) is 81.5 Å². The summed E-state index contributed by atoms with van der Waals surface area (Å²) in [5, 5.41) is 10.2. The molecule has 4 rings (SSSR count). The Balaban J connectivity index is 1.50. The highest BCUT2D eigenvalue weighted by molar-refractivity contribution is 5.95. The Morgan fingerprint density at radius 1 is 1.03 bits per heavy atom. The van der Waals surface area contributed by atoms with Gasteiger partial charge in [-0.25, -0.2) is 4.39 Å². The molecular weight excluding hydrogens is 448 g/mol. The van der Waals surface area contributed by atoms with Crippen LogP contribution in [-0.4, -0.2) is 45.8 Å². The van der Waals surface area contributed by atoms with Gasteiger partial charge in [-0.15, -0.1) is 0 Å². The van der Waals surface area contributed by atoms with Gasteiger partial charge in [0, 0.05) is 28.8 Å². The second-order valence-corrected chi connectivity index (χ2v) is 10.2. The first kappa shape index (κ1) is 24.6. The van der Waals surface area contributed by atoms with Gasteiger partial charge in [-0.05, 0) is 82.2 Å². The first-order valence-electron chi connectivity index (χ1n) is 11.7. The summed E-state index contributed by atoms with van der Waals surface area (Å²) in [6.45, 7) is 2.16. The van der Waals surface area contributed by atoms with E-state index >= 15 is 0 Å². The van der Waals surface area contributed by atoms with Gasteiger partial charge in [0.2, 0.25) is 0 Å². The highest BCUT2D eigenvalue weighted by Gasteiger charge is 2.48. The van der Waals surface area contributed by atoms with Crippen LogP contribution in [0.15, 0.2) is 42.6 Å². The summed E-state index contributed by atoms with van der Waals surface area (Å²) in [5.74, 6) is -0.596. The lowest BCUT2D eigenvalue weighted by atomic mass is 9.70. The average Bonchev–Trinajstić information content (AvgIpc) is 3.65. The number of hydrogen-bond acceptors (Lipinski definition) is 3. The van der Waals surface area contributed by atoms with E-state index in [9.17, 15) is 27.5 Å². The molecule has 0 radical (unpaired) electrons.